The second kappa shape index (κ2) is 3.60. The summed E-state index contributed by atoms with van der Waals surface area (Å²) in [5, 5.41) is 3.94. The van der Waals surface area contributed by atoms with E-state index in [0.717, 1.165) is 17.6 Å². The Labute approximate surface area is 96.4 Å². The van der Waals surface area contributed by atoms with E-state index in [0.29, 0.717) is 0 Å². The van der Waals surface area contributed by atoms with Gasteiger partial charge < -0.3 is 13.8 Å². The topological polar surface area (TPSA) is 44.5 Å². The van der Waals surface area contributed by atoms with E-state index < -0.39 is 0 Å². The Morgan fingerprint density at radius 1 is 1.19 bits per heavy atom. The summed E-state index contributed by atoms with van der Waals surface area (Å²) in [4.78, 5) is 0. The Morgan fingerprint density at radius 2 is 1.75 bits per heavy atom. The van der Waals surface area contributed by atoms with E-state index in [4.69, 9.17) is 13.8 Å². The number of hydrogen-bond donors (Lipinski definition) is 0. The number of hydrogen-bond acceptors (Lipinski definition) is 4. The summed E-state index contributed by atoms with van der Waals surface area (Å²) < 4.78 is 16.8. The van der Waals surface area contributed by atoms with Crippen LogP contribution in [0.25, 0.3) is 0 Å². The minimum atomic E-state index is -0.369. The first kappa shape index (κ1) is 11.7. The third kappa shape index (κ3) is 1.68. The van der Waals surface area contributed by atoms with Crippen molar-refractivity contribution >= 4 is 12.6 Å². The van der Waals surface area contributed by atoms with Gasteiger partial charge in [-0.05, 0) is 34.1 Å². The van der Waals surface area contributed by atoms with Crippen LogP contribution in [0.4, 0.5) is 0 Å². The third-order valence-corrected chi connectivity index (χ3v) is 3.52. The molecule has 0 atom stereocenters. The first-order valence-corrected chi connectivity index (χ1v) is 5.66. The maximum Gasteiger partial charge on any atom is 0.500 e. The van der Waals surface area contributed by atoms with Crippen LogP contribution in [0.15, 0.2) is 10.8 Å². The fourth-order valence-corrected chi connectivity index (χ4v) is 1.70. The lowest BCUT2D eigenvalue weighted by atomic mass is 9.79. The van der Waals surface area contributed by atoms with E-state index in [9.17, 15) is 0 Å². The van der Waals surface area contributed by atoms with Crippen molar-refractivity contribution in [1.29, 1.82) is 0 Å². The zero-order chi connectivity index (χ0) is 12.0. The van der Waals surface area contributed by atoms with Crippen LogP contribution < -0.4 is 5.46 Å². The minimum absolute atomic E-state index is 0.319. The summed E-state index contributed by atoms with van der Waals surface area (Å²) in [6, 6.07) is 0. The van der Waals surface area contributed by atoms with Crippen molar-refractivity contribution in [3.05, 3.63) is 12.0 Å². The van der Waals surface area contributed by atoms with Gasteiger partial charge in [-0.1, -0.05) is 12.1 Å². The lowest BCUT2D eigenvalue weighted by Gasteiger charge is -2.32. The molecule has 0 amide bonds. The SMILES string of the molecule is CCc1nocc1B1OC(C)(C)C(C)(C)O1. The highest BCUT2D eigenvalue weighted by atomic mass is 16.7. The Kier molecular flexibility index (Phi) is 2.63. The van der Waals surface area contributed by atoms with Gasteiger partial charge in [0.25, 0.3) is 0 Å². The van der Waals surface area contributed by atoms with Gasteiger partial charge in [-0.25, -0.2) is 0 Å². The molecule has 1 fully saturated rings. The van der Waals surface area contributed by atoms with Gasteiger partial charge in [0.1, 0.15) is 6.26 Å². The average molecular weight is 223 g/mol. The molecule has 0 spiro atoms. The molecular weight excluding hydrogens is 205 g/mol. The Hall–Kier alpha value is -0.805. The van der Waals surface area contributed by atoms with Gasteiger partial charge in [-0.15, -0.1) is 0 Å². The molecule has 88 valence electrons. The van der Waals surface area contributed by atoms with Crippen molar-refractivity contribution in [3.8, 4) is 0 Å². The van der Waals surface area contributed by atoms with Gasteiger partial charge in [-0.2, -0.15) is 0 Å². The fourth-order valence-electron chi connectivity index (χ4n) is 1.70. The minimum Gasteiger partial charge on any atom is -0.399 e. The summed E-state index contributed by atoms with van der Waals surface area (Å²) in [7, 11) is -0.369. The van der Waals surface area contributed by atoms with Crippen LogP contribution in [0.2, 0.25) is 0 Å². The number of nitrogens with zero attached hydrogens (tertiary/aromatic N) is 1. The van der Waals surface area contributed by atoms with E-state index >= 15 is 0 Å². The smallest absolute Gasteiger partial charge is 0.399 e. The maximum atomic E-state index is 5.93. The van der Waals surface area contributed by atoms with Gasteiger partial charge >= 0.3 is 7.12 Å². The van der Waals surface area contributed by atoms with Crippen LogP contribution >= 0.6 is 0 Å². The lowest BCUT2D eigenvalue weighted by molar-refractivity contribution is 0.00578. The molecule has 2 heterocycles. The molecule has 16 heavy (non-hydrogen) atoms. The first-order chi connectivity index (χ1) is 7.37. The van der Waals surface area contributed by atoms with E-state index in [-0.39, 0.29) is 18.3 Å². The largest absolute Gasteiger partial charge is 0.500 e. The quantitative estimate of drug-likeness (QED) is 0.713. The monoisotopic (exact) mass is 223 g/mol. The normalized spacial score (nSPS) is 22.7. The van der Waals surface area contributed by atoms with E-state index in [1.54, 1.807) is 6.26 Å². The Morgan fingerprint density at radius 3 is 2.25 bits per heavy atom. The van der Waals surface area contributed by atoms with Gasteiger partial charge in [0.05, 0.1) is 16.9 Å². The summed E-state index contributed by atoms with van der Waals surface area (Å²) in [6.07, 6.45) is 2.43. The molecule has 0 aromatic carbocycles. The molecule has 1 saturated heterocycles. The molecule has 0 saturated carbocycles. The van der Waals surface area contributed by atoms with Crippen molar-refractivity contribution in [2.24, 2.45) is 0 Å². The maximum absolute atomic E-state index is 5.93. The Balaban J connectivity index is 2.27. The molecule has 0 N–H and O–H groups in total. The van der Waals surface area contributed by atoms with Crippen LogP contribution in [0.1, 0.15) is 40.3 Å². The zero-order valence-corrected chi connectivity index (χ0v) is 10.5. The van der Waals surface area contributed by atoms with Crippen LogP contribution in [0, 0.1) is 0 Å². The Bertz CT molecular complexity index is 370. The predicted molar refractivity (Wildman–Crippen MR) is 61.6 cm³/mol. The summed E-state index contributed by atoms with van der Waals surface area (Å²) >= 11 is 0. The first-order valence-electron chi connectivity index (χ1n) is 5.66. The van der Waals surface area contributed by atoms with E-state index in [1.165, 1.54) is 0 Å². The summed E-state index contributed by atoms with van der Waals surface area (Å²) in [6.45, 7) is 10.2. The summed E-state index contributed by atoms with van der Waals surface area (Å²) in [5.74, 6) is 0. The van der Waals surface area contributed by atoms with Gasteiger partial charge in [-0.3, -0.25) is 0 Å². The molecule has 0 radical (unpaired) electrons. The average Bonchev–Trinajstić information content (AvgIpc) is 2.69. The highest BCUT2D eigenvalue weighted by molar-refractivity contribution is 6.62. The second-order valence-electron chi connectivity index (χ2n) is 5.16. The number of rotatable bonds is 2. The molecule has 2 rings (SSSR count). The molecule has 1 aliphatic heterocycles. The molecule has 1 aromatic rings. The molecular formula is C11H18BNO3. The highest BCUT2D eigenvalue weighted by Crippen LogP contribution is 2.36. The van der Waals surface area contributed by atoms with Crippen LogP contribution in [-0.4, -0.2) is 23.5 Å². The fraction of sp³-hybridized carbons (Fsp3) is 0.727. The molecule has 0 aliphatic carbocycles. The molecule has 5 heteroatoms. The predicted octanol–water partition coefficient (Wildman–Crippen LogP) is 1.54. The van der Waals surface area contributed by atoms with Gasteiger partial charge in [0.2, 0.25) is 0 Å². The standard InChI is InChI=1S/C11H18BNO3/c1-6-9-8(7-14-13-9)12-15-10(2,3)11(4,5)16-12/h7H,6H2,1-5H3. The number of aromatic nitrogens is 1. The molecule has 1 aromatic heterocycles. The summed E-state index contributed by atoms with van der Waals surface area (Å²) in [5.41, 5.74) is 1.17. The number of aryl methyl sites for hydroxylation is 1. The molecule has 4 nitrogen and oxygen atoms in total. The second-order valence-corrected chi connectivity index (χ2v) is 5.16. The zero-order valence-electron chi connectivity index (χ0n) is 10.5. The van der Waals surface area contributed by atoms with Crippen LogP contribution in [-0.2, 0) is 15.7 Å². The van der Waals surface area contributed by atoms with Crippen LogP contribution in [0.5, 0.6) is 0 Å². The van der Waals surface area contributed by atoms with E-state index in [2.05, 4.69) is 5.16 Å². The lowest BCUT2D eigenvalue weighted by Crippen LogP contribution is -2.41. The van der Waals surface area contributed by atoms with Crippen molar-refractivity contribution in [3.63, 3.8) is 0 Å². The van der Waals surface area contributed by atoms with Crippen molar-refractivity contribution in [2.45, 2.75) is 52.2 Å². The van der Waals surface area contributed by atoms with Crippen molar-refractivity contribution in [1.82, 2.24) is 5.16 Å². The molecule has 1 aliphatic rings. The van der Waals surface area contributed by atoms with E-state index in [1.807, 2.05) is 34.6 Å². The van der Waals surface area contributed by atoms with Crippen molar-refractivity contribution in [2.75, 3.05) is 0 Å². The van der Waals surface area contributed by atoms with Gasteiger partial charge in [0.15, 0.2) is 0 Å². The van der Waals surface area contributed by atoms with Crippen LogP contribution in [0.3, 0.4) is 0 Å². The molecule has 0 bridgehead atoms. The molecule has 0 unspecified atom stereocenters. The van der Waals surface area contributed by atoms with Crippen molar-refractivity contribution < 1.29 is 13.8 Å². The highest BCUT2D eigenvalue weighted by Gasteiger charge is 2.52. The van der Waals surface area contributed by atoms with Gasteiger partial charge in [0, 0.05) is 5.46 Å². The third-order valence-electron chi connectivity index (χ3n) is 3.52.